The Hall–Kier alpha value is -2.11. The molecule has 128 valence electrons. The monoisotopic (exact) mass is 319 g/mol. The van der Waals surface area contributed by atoms with Crippen molar-refractivity contribution in [3.63, 3.8) is 0 Å². The van der Waals surface area contributed by atoms with Crippen molar-refractivity contribution in [2.75, 3.05) is 39.8 Å². The summed E-state index contributed by atoms with van der Waals surface area (Å²) in [5.74, 6) is 0.872. The van der Waals surface area contributed by atoms with Gasteiger partial charge >= 0.3 is 0 Å². The minimum Gasteiger partial charge on any atom is -0.357 e. The summed E-state index contributed by atoms with van der Waals surface area (Å²) >= 11 is 0. The van der Waals surface area contributed by atoms with Crippen LogP contribution in [0.5, 0.6) is 0 Å². The van der Waals surface area contributed by atoms with E-state index >= 15 is 0 Å². The SMILES string of the molecule is CCNC(=NCCc1ccccn1)N(C)CC(=O)N(CC)CC. The van der Waals surface area contributed by atoms with Crippen LogP contribution in [0, 0.1) is 0 Å². The summed E-state index contributed by atoms with van der Waals surface area (Å²) in [6.45, 7) is 9.22. The number of carbonyl (C=O) groups is 1. The fourth-order valence-electron chi connectivity index (χ4n) is 2.25. The van der Waals surface area contributed by atoms with Crippen LogP contribution in [0.1, 0.15) is 26.5 Å². The van der Waals surface area contributed by atoms with Crippen LogP contribution in [-0.2, 0) is 11.2 Å². The van der Waals surface area contributed by atoms with Crippen molar-refractivity contribution in [2.24, 2.45) is 4.99 Å². The van der Waals surface area contributed by atoms with E-state index in [2.05, 4.69) is 15.3 Å². The highest BCUT2D eigenvalue weighted by atomic mass is 16.2. The quantitative estimate of drug-likeness (QED) is 0.581. The number of guanidine groups is 1. The Morgan fingerprint density at radius 1 is 1.26 bits per heavy atom. The third kappa shape index (κ3) is 6.67. The van der Waals surface area contributed by atoms with Gasteiger partial charge in [-0.05, 0) is 32.9 Å². The number of pyridine rings is 1. The van der Waals surface area contributed by atoms with E-state index in [1.807, 2.05) is 55.8 Å². The summed E-state index contributed by atoms with van der Waals surface area (Å²) in [4.78, 5) is 24.8. The Morgan fingerprint density at radius 3 is 2.57 bits per heavy atom. The lowest BCUT2D eigenvalue weighted by Crippen LogP contribution is -2.45. The third-order valence-corrected chi connectivity index (χ3v) is 3.54. The molecule has 6 heteroatoms. The number of likely N-dealkylation sites (N-methyl/N-ethyl adjacent to an activating group) is 2. The minimum absolute atomic E-state index is 0.118. The zero-order valence-electron chi connectivity index (χ0n) is 14.7. The first-order valence-corrected chi connectivity index (χ1v) is 8.29. The van der Waals surface area contributed by atoms with Crippen LogP contribution in [0.2, 0.25) is 0 Å². The van der Waals surface area contributed by atoms with Crippen LogP contribution in [-0.4, -0.2) is 66.4 Å². The van der Waals surface area contributed by atoms with E-state index in [9.17, 15) is 4.79 Å². The number of nitrogens with zero attached hydrogens (tertiary/aromatic N) is 4. The van der Waals surface area contributed by atoms with Crippen molar-refractivity contribution < 1.29 is 4.79 Å². The predicted octanol–water partition coefficient (Wildman–Crippen LogP) is 1.39. The third-order valence-electron chi connectivity index (χ3n) is 3.54. The Labute approximate surface area is 139 Å². The molecular weight excluding hydrogens is 290 g/mol. The molecule has 1 aromatic heterocycles. The van der Waals surface area contributed by atoms with Gasteiger partial charge in [0.1, 0.15) is 0 Å². The number of amides is 1. The summed E-state index contributed by atoms with van der Waals surface area (Å²) in [7, 11) is 1.89. The molecule has 0 aromatic carbocycles. The summed E-state index contributed by atoms with van der Waals surface area (Å²) < 4.78 is 0. The molecule has 0 radical (unpaired) electrons. The zero-order valence-corrected chi connectivity index (χ0v) is 14.7. The Kier molecular flexibility index (Phi) is 8.72. The fourth-order valence-corrected chi connectivity index (χ4v) is 2.25. The van der Waals surface area contributed by atoms with Crippen LogP contribution >= 0.6 is 0 Å². The number of aliphatic imine (C=N–C) groups is 1. The van der Waals surface area contributed by atoms with Crippen LogP contribution in [0.3, 0.4) is 0 Å². The molecule has 0 saturated heterocycles. The van der Waals surface area contributed by atoms with Crippen molar-refractivity contribution in [1.82, 2.24) is 20.1 Å². The van der Waals surface area contributed by atoms with E-state index in [0.29, 0.717) is 13.1 Å². The van der Waals surface area contributed by atoms with Crippen molar-refractivity contribution in [1.29, 1.82) is 0 Å². The standard InChI is InChI=1S/C17H29N5O/c1-5-18-17(20-13-11-15-10-8-9-12-19-15)21(4)14-16(23)22(6-2)7-3/h8-10,12H,5-7,11,13-14H2,1-4H3,(H,18,20). The van der Waals surface area contributed by atoms with Gasteiger partial charge in [0, 0.05) is 51.5 Å². The lowest BCUT2D eigenvalue weighted by Gasteiger charge is -2.25. The van der Waals surface area contributed by atoms with Gasteiger partial charge in [0.25, 0.3) is 0 Å². The maximum absolute atomic E-state index is 12.2. The fraction of sp³-hybridized carbons (Fsp3) is 0.588. The maximum Gasteiger partial charge on any atom is 0.242 e. The van der Waals surface area contributed by atoms with E-state index < -0.39 is 0 Å². The molecule has 1 heterocycles. The predicted molar refractivity (Wildman–Crippen MR) is 94.5 cm³/mol. The molecule has 1 aromatic rings. The summed E-state index contributed by atoms with van der Waals surface area (Å²) in [6.07, 6.45) is 2.58. The van der Waals surface area contributed by atoms with E-state index in [1.165, 1.54) is 0 Å². The zero-order chi connectivity index (χ0) is 17.1. The summed E-state index contributed by atoms with van der Waals surface area (Å²) in [5.41, 5.74) is 1.02. The van der Waals surface area contributed by atoms with Crippen molar-refractivity contribution in [3.8, 4) is 0 Å². The smallest absolute Gasteiger partial charge is 0.242 e. The maximum atomic E-state index is 12.2. The highest BCUT2D eigenvalue weighted by molar-refractivity contribution is 5.86. The van der Waals surface area contributed by atoms with Gasteiger partial charge in [-0.3, -0.25) is 14.8 Å². The number of rotatable bonds is 8. The normalized spacial score (nSPS) is 11.2. The number of carbonyl (C=O) groups excluding carboxylic acids is 1. The van der Waals surface area contributed by atoms with Crippen molar-refractivity contribution >= 4 is 11.9 Å². The van der Waals surface area contributed by atoms with Gasteiger partial charge in [0.15, 0.2) is 5.96 Å². The van der Waals surface area contributed by atoms with E-state index in [0.717, 1.165) is 37.7 Å². The van der Waals surface area contributed by atoms with Crippen LogP contribution in [0.25, 0.3) is 0 Å². The van der Waals surface area contributed by atoms with Gasteiger partial charge in [0.2, 0.25) is 5.91 Å². The second-order valence-electron chi connectivity index (χ2n) is 5.23. The average Bonchev–Trinajstić information content (AvgIpc) is 2.56. The Bertz CT molecular complexity index is 485. The summed E-state index contributed by atoms with van der Waals surface area (Å²) in [5, 5.41) is 3.23. The van der Waals surface area contributed by atoms with Crippen LogP contribution in [0.15, 0.2) is 29.4 Å². The molecule has 1 rings (SSSR count). The molecule has 0 saturated carbocycles. The molecule has 6 nitrogen and oxygen atoms in total. The minimum atomic E-state index is 0.118. The van der Waals surface area contributed by atoms with Gasteiger partial charge in [0.05, 0.1) is 6.54 Å². The molecule has 23 heavy (non-hydrogen) atoms. The first-order chi connectivity index (χ1) is 11.1. The Morgan fingerprint density at radius 2 is 2.00 bits per heavy atom. The second kappa shape index (κ2) is 10.6. The molecular formula is C17H29N5O. The highest BCUT2D eigenvalue weighted by Crippen LogP contribution is 1.97. The molecule has 0 bridgehead atoms. The lowest BCUT2D eigenvalue weighted by atomic mass is 10.3. The molecule has 0 spiro atoms. The largest absolute Gasteiger partial charge is 0.357 e. The van der Waals surface area contributed by atoms with Gasteiger partial charge < -0.3 is 15.1 Å². The first kappa shape index (κ1) is 18.9. The molecule has 0 aliphatic carbocycles. The van der Waals surface area contributed by atoms with Gasteiger partial charge in [-0.25, -0.2) is 0 Å². The molecule has 1 N–H and O–H groups in total. The molecule has 0 atom stereocenters. The summed E-state index contributed by atoms with van der Waals surface area (Å²) in [6, 6.07) is 5.88. The number of hydrogen-bond acceptors (Lipinski definition) is 3. The first-order valence-electron chi connectivity index (χ1n) is 8.29. The van der Waals surface area contributed by atoms with E-state index in [4.69, 9.17) is 0 Å². The molecule has 0 unspecified atom stereocenters. The van der Waals surface area contributed by atoms with Gasteiger partial charge in [-0.15, -0.1) is 0 Å². The second-order valence-corrected chi connectivity index (χ2v) is 5.23. The molecule has 1 amide bonds. The Balaban J connectivity index is 2.61. The highest BCUT2D eigenvalue weighted by Gasteiger charge is 2.14. The molecule has 0 aliphatic rings. The van der Waals surface area contributed by atoms with E-state index in [-0.39, 0.29) is 5.91 Å². The average molecular weight is 319 g/mol. The number of hydrogen-bond donors (Lipinski definition) is 1. The van der Waals surface area contributed by atoms with Crippen molar-refractivity contribution in [3.05, 3.63) is 30.1 Å². The van der Waals surface area contributed by atoms with Crippen molar-refractivity contribution in [2.45, 2.75) is 27.2 Å². The van der Waals surface area contributed by atoms with Crippen LogP contribution in [0.4, 0.5) is 0 Å². The van der Waals surface area contributed by atoms with Crippen LogP contribution < -0.4 is 5.32 Å². The van der Waals surface area contributed by atoms with E-state index in [1.54, 1.807) is 6.20 Å². The molecule has 0 fully saturated rings. The number of aromatic nitrogens is 1. The van der Waals surface area contributed by atoms with Gasteiger partial charge in [-0.1, -0.05) is 6.07 Å². The molecule has 0 aliphatic heterocycles. The van der Waals surface area contributed by atoms with Gasteiger partial charge in [-0.2, -0.15) is 0 Å². The lowest BCUT2D eigenvalue weighted by molar-refractivity contribution is -0.131. The number of nitrogens with one attached hydrogen (secondary N) is 1. The topological polar surface area (TPSA) is 60.8 Å².